The molecule has 0 rings (SSSR count). The van der Waals surface area contributed by atoms with E-state index in [1.807, 2.05) is 0 Å². The van der Waals surface area contributed by atoms with Gasteiger partial charge in [0.15, 0.2) is 0 Å². The zero-order valence-corrected chi connectivity index (χ0v) is 2.42. The Morgan fingerprint density at radius 1 is 1.80 bits per heavy atom. The molecule has 0 heterocycles. The SMILES string of the molecule is NO.[N-]=[N+]=N. The van der Waals surface area contributed by atoms with E-state index >= 15 is 0 Å². The van der Waals surface area contributed by atoms with Crippen molar-refractivity contribution in [2.24, 2.45) is 5.90 Å². The maximum absolute atomic E-state index is 6.86. The van der Waals surface area contributed by atoms with Crippen molar-refractivity contribution in [3.63, 3.8) is 0 Å². The van der Waals surface area contributed by atoms with Gasteiger partial charge in [-0.25, -0.2) is 5.90 Å². The van der Waals surface area contributed by atoms with Crippen molar-refractivity contribution in [1.82, 2.24) is 0 Å². The molecule has 0 aliphatic rings. The largest absolute Gasteiger partial charge is 0.320 e. The average Bonchev–Trinajstić information content (AvgIpc) is 1.46. The Morgan fingerprint density at radius 3 is 1.80 bits per heavy atom. The molecule has 0 spiro atoms. The summed E-state index contributed by atoms with van der Waals surface area (Å²) in [6.07, 6.45) is 0. The predicted molar refractivity (Wildman–Crippen MR) is 15.4 cm³/mol. The summed E-state index contributed by atoms with van der Waals surface area (Å²) >= 11 is 0. The van der Waals surface area contributed by atoms with E-state index in [-0.39, 0.29) is 0 Å². The van der Waals surface area contributed by atoms with Crippen LogP contribution in [-0.2, 0) is 0 Å². The Balaban J connectivity index is 0. The van der Waals surface area contributed by atoms with Crippen molar-refractivity contribution in [3.8, 4) is 0 Å². The van der Waals surface area contributed by atoms with Crippen molar-refractivity contribution in [2.75, 3.05) is 0 Å². The van der Waals surface area contributed by atoms with Gasteiger partial charge in [0.05, 0.1) is 0 Å². The molecule has 0 saturated heterocycles. The Bertz CT molecular complexity index is 24.6. The molecule has 0 unspecified atom stereocenters. The Morgan fingerprint density at radius 2 is 1.80 bits per heavy atom. The number of hydrogen-bond donors (Lipinski definition) is 3. The maximum Gasteiger partial charge on any atom is -0.00208 e. The molecule has 4 N–H and O–H groups in total. The van der Waals surface area contributed by atoms with Gasteiger partial charge in [0.2, 0.25) is 0 Å². The number of nitrogens with one attached hydrogen (secondary N) is 1. The van der Waals surface area contributed by atoms with Crippen molar-refractivity contribution in [3.05, 3.63) is 10.4 Å². The van der Waals surface area contributed by atoms with Crippen LogP contribution in [0.25, 0.3) is 10.4 Å². The van der Waals surface area contributed by atoms with Gasteiger partial charge in [-0.1, -0.05) is 0 Å². The van der Waals surface area contributed by atoms with Crippen LogP contribution in [0.4, 0.5) is 0 Å². The minimum atomic E-state index is 1.75. The number of nitrogens with zero attached hydrogens (tertiary/aromatic N) is 2. The molecule has 5 heteroatoms. The Hall–Kier alpha value is -0.770. The van der Waals surface area contributed by atoms with Gasteiger partial charge in [0.1, 0.15) is 0 Å². The highest BCUT2D eigenvalue weighted by Gasteiger charge is 0.973. The van der Waals surface area contributed by atoms with Crippen LogP contribution in [0, 0.1) is 5.53 Å². The molecule has 0 fully saturated rings. The molecule has 0 atom stereocenters. The fourth-order valence-corrected chi connectivity index (χ4v) is 0. The lowest BCUT2D eigenvalue weighted by atomic mass is 13.0. The molecule has 0 radical (unpaired) electrons. The van der Waals surface area contributed by atoms with E-state index in [0.717, 1.165) is 0 Å². The summed E-state index contributed by atoms with van der Waals surface area (Å²) in [5.41, 5.74) is 12.2. The molecule has 0 aliphatic carbocycles. The van der Waals surface area contributed by atoms with Crippen LogP contribution in [0.2, 0.25) is 0 Å². The Labute approximate surface area is 28.4 Å². The van der Waals surface area contributed by atoms with Crippen LogP contribution in [0.5, 0.6) is 0 Å². The summed E-state index contributed by atoms with van der Waals surface area (Å²) in [7, 11) is 0. The summed E-state index contributed by atoms with van der Waals surface area (Å²) in [4.78, 5) is 1.75. The topological polar surface area (TPSA) is 106 Å². The van der Waals surface area contributed by atoms with Gasteiger partial charge in [-0.3, -0.25) is 0 Å². The molecule has 0 aromatic heterocycles. The summed E-state index contributed by atoms with van der Waals surface area (Å²) in [6.45, 7) is 0. The van der Waals surface area contributed by atoms with Gasteiger partial charge in [-0.2, -0.15) is 0 Å². The molecule has 0 aromatic rings. The minimum absolute atomic E-state index is 1.75. The maximum atomic E-state index is 6.86. The molecule has 0 aromatic carbocycles. The molecular weight excluding hydrogens is 72.0 g/mol. The smallest absolute Gasteiger partial charge is 0.00208 e. The summed E-state index contributed by atoms with van der Waals surface area (Å²) in [5.74, 6) is 3.50. The highest BCUT2D eigenvalue weighted by Crippen LogP contribution is 1.24. The third kappa shape index (κ3) is 8.24. The van der Waals surface area contributed by atoms with Crippen LogP contribution in [-0.4, -0.2) is 5.21 Å². The van der Waals surface area contributed by atoms with E-state index in [2.05, 4.69) is 5.90 Å². The van der Waals surface area contributed by atoms with E-state index in [1.54, 1.807) is 4.91 Å². The Kier molecular flexibility index (Phi) is 539. The van der Waals surface area contributed by atoms with Crippen LogP contribution in [0.1, 0.15) is 0 Å². The predicted octanol–water partition coefficient (Wildman–Crippen LogP) is 0.210. The molecule has 30 valence electrons. The van der Waals surface area contributed by atoms with Gasteiger partial charge in [-0.05, 0) is 10.4 Å². The first-order chi connectivity index (χ1) is 2.41. The van der Waals surface area contributed by atoms with Gasteiger partial charge >= 0.3 is 0 Å². The molecule has 0 saturated carbocycles. The quantitative estimate of drug-likeness (QED) is 0.166. The number of nitrogens with two attached hydrogens (primary N) is 1. The number of hydrogen-bond acceptors (Lipinski definition) is 3. The minimum Gasteiger partial charge on any atom is -0.320 e. The highest BCUT2D eigenvalue weighted by atomic mass is 16.4. The standard InChI is InChI=1S/HN3.H3NO/c1-3-2;1-2/h1H;2H,1H2. The van der Waals surface area contributed by atoms with Crippen LogP contribution >= 0.6 is 0 Å². The third-order valence-corrected chi connectivity index (χ3v) is 0. The first kappa shape index (κ1) is 8.87. The molecular formula is H4N4O. The van der Waals surface area contributed by atoms with Crippen molar-refractivity contribution < 1.29 is 5.21 Å². The first-order valence-electron chi connectivity index (χ1n) is 0.682. The number of rotatable bonds is 0. The molecule has 0 amide bonds. The van der Waals surface area contributed by atoms with Gasteiger partial charge in [0.25, 0.3) is 0 Å². The summed E-state index contributed by atoms with van der Waals surface area (Å²) in [6, 6.07) is 0. The molecule has 0 aliphatic heterocycles. The second-order valence-corrected chi connectivity index (χ2v) is 0.100. The zero-order valence-electron chi connectivity index (χ0n) is 2.42. The van der Waals surface area contributed by atoms with Crippen LogP contribution in [0.15, 0.2) is 0 Å². The van der Waals surface area contributed by atoms with E-state index in [1.165, 1.54) is 0 Å². The van der Waals surface area contributed by atoms with E-state index < -0.39 is 0 Å². The lowest BCUT2D eigenvalue weighted by Gasteiger charge is -1.27. The lowest BCUT2D eigenvalue weighted by Crippen LogP contribution is -1.72. The van der Waals surface area contributed by atoms with Crippen molar-refractivity contribution in [1.29, 1.82) is 5.53 Å². The average molecular weight is 76.1 g/mol. The van der Waals surface area contributed by atoms with Crippen LogP contribution < -0.4 is 5.90 Å². The fraction of sp³-hybridized carbons (Fsp3) is 0. The summed E-state index contributed by atoms with van der Waals surface area (Å²) in [5, 5.41) is 6.50. The lowest BCUT2D eigenvalue weighted by molar-refractivity contribution is 0.311. The monoisotopic (exact) mass is 76.0 g/mol. The molecule has 0 bridgehead atoms. The second kappa shape index (κ2) is 304. The van der Waals surface area contributed by atoms with E-state index in [0.29, 0.717) is 0 Å². The zero-order chi connectivity index (χ0) is 4.71. The van der Waals surface area contributed by atoms with Gasteiger partial charge < -0.3 is 5.21 Å². The van der Waals surface area contributed by atoms with E-state index in [9.17, 15) is 0 Å². The third-order valence-electron chi connectivity index (χ3n) is 0. The molecule has 5 nitrogen and oxygen atoms in total. The highest BCUT2D eigenvalue weighted by molar-refractivity contribution is 4.18. The van der Waals surface area contributed by atoms with Crippen LogP contribution in [0.3, 0.4) is 0 Å². The first-order valence-corrected chi connectivity index (χ1v) is 0.682. The normalized spacial score (nSPS) is 2.80. The summed E-state index contributed by atoms with van der Waals surface area (Å²) < 4.78 is 0. The second-order valence-electron chi connectivity index (χ2n) is 0.100. The van der Waals surface area contributed by atoms with Gasteiger partial charge in [0, 0.05) is 0 Å². The molecule has 5 heavy (non-hydrogen) atoms. The van der Waals surface area contributed by atoms with Gasteiger partial charge in [-0.15, -0.1) is 5.53 Å². The van der Waals surface area contributed by atoms with Crippen molar-refractivity contribution >= 4 is 0 Å². The van der Waals surface area contributed by atoms with Crippen molar-refractivity contribution in [2.45, 2.75) is 0 Å². The van der Waals surface area contributed by atoms with E-state index in [4.69, 9.17) is 16.3 Å². The fourth-order valence-electron chi connectivity index (χ4n) is 0.